The van der Waals surface area contributed by atoms with Crippen LogP contribution in [0.25, 0.3) is 0 Å². The SMILES string of the molecule is C=CCOC(=O)O[C@H](C)[C@H]1C(=O)N(C(C(=O)OCC=C)=P(c2ccccc2)(c2ccccc2)c2ccccc2)[C@@H]1SC(=O)COc1ccc(CN(C=O)OCC=C)cc1. The minimum atomic E-state index is -3.31. The zero-order valence-corrected chi connectivity index (χ0v) is 34.2. The van der Waals surface area contributed by atoms with Gasteiger partial charge >= 0.3 is 12.1 Å². The number of benzene rings is 4. The van der Waals surface area contributed by atoms with Gasteiger partial charge in [0.25, 0.3) is 0 Å². The van der Waals surface area contributed by atoms with E-state index in [2.05, 4.69) is 19.7 Å². The standard InChI is InChI=1S/C45H45N2O10PS/c1-5-27-53-44(51)42(58(36-17-11-8-12-18-36,37-19-13-9-14-20-37)38-21-15-10-16-22-38)47-41(50)40(33(4)57-45(52)54-28-6-2)43(47)59-39(49)31-55-35-25-23-34(24-26-35)30-46(32-48)56-29-7-3/h5-26,32-33,40,43H,1-3,27-31H2,4H3/t33-,40+,43-/m1/s1. The largest absolute Gasteiger partial charge is 0.508 e. The molecule has 0 spiro atoms. The third-order valence-corrected chi connectivity index (χ3v) is 14.4. The van der Waals surface area contributed by atoms with Crippen LogP contribution in [0.5, 0.6) is 5.75 Å². The first kappa shape index (κ1) is 44.0. The van der Waals surface area contributed by atoms with Crippen molar-refractivity contribution in [3.05, 3.63) is 159 Å². The van der Waals surface area contributed by atoms with Crippen LogP contribution in [0.3, 0.4) is 0 Å². The Labute approximate surface area is 348 Å². The van der Waals surface area contributed by atoms with Crippen LogP contribution in [0.1, 0.15) is 12.5 Å². The Morgan fingerprint density at radius 2 is 1.31 bits per heavy atom. The average Bonchev–Trinajstić information content (AvgIpc) is 3.26. The summed E-state index contributed by atoms with van der Waals surface area (Å²) in [6, 6.07) is 35.0. The summed E-state index contributed by atoms with van der Waals surface area (Å²) in [4.78, 5) is 74.1. The smallest absolute Gasteiger partial charge is 0.485 e. The molecule has 59 heavy (non-hydrogen) atoms. The van der Waals surface area contributed by atoms with E-state index >= 15 is 0 Å². The van der Waals surface area contributed by atoms with Gasteiger partial charge in [-0.05, 0) is 40.5 Å². The van der Waals surface area contributed by atoms with Crippen molar-refractivity contribution in [2.75, 3.05) is 26.4 Å². The molecule has 1 saturated heterocycles. The van der Waals surface area contributed by atoms with E-state index in [1.807, 2.05) is 91.0 Å². The summed E-state index contributed by atoms with van der Waals surface area (Å²) < 4.78 is 22.3. The number of β-lactam (4-membered cyclic amide) rings is 1. The van der Waals surface area contributed by atoms with Crippen LogP contribution in [-0.2, 0) is 44.8 Å². The molecule has 0 unspecified atom stereocenters. The molecule has 5 rings (SSSR count). The Morgan fingerprint density at radius 3 is 1.81 bits per heavy atom. The van der Waals surface area contributed by atoms with E-state index in [0.717, 1.165) is 38.3 Å². The van der Waals surface area contributed by atoms with Crippen LogP contribution >= 0.6 is 18.6 Å². The maximum absolute atomic E-state index is 14.8. The average molecular weight is 837 g/mol. The lowest BCUT2D eigenvalue weighted by Crippen LogP contribution is -2.67. The van der Waals surface area contributed by atoms with Crippen LogP contribution in [-0.4, -0.2) is 82.8 Å². The molecule has 14 heteroatoms. The van der Waals surface area contributed by atoms with E-state index in [0.29, 0.717) is 12.2 Å². The molecule has 4 aromatic rings. The number of carbonyl (C=O) groups is 5. The minimum Gasteiger partial charge on any atom is -0.485 e. The second-order valence-corrected chi connectivity index (χ2v) is 17.4. The highest BCUT2D eigenvalue weighted by Gasteiger charge is 2.57. The second-order valence-electron chi connectivity index (χ2n) is 12.9. The molecule has 306 valence electrons. The van der Waals surface area contributed by atoms with Gasteiger partial charge in [0.1, 0.15) is 41.8 Å². The molecule has 1 aliphatic heterocycles. The molecular formula is C45H45N2O10PS. The molecule has 2 amide bonds. The van der Waals surface area contributed by atoms with Crippen molar-refractivity contribution < 1.29 is 47.8 Å². The van der Waals surface area contributed by atoms with Crippen LogP contribution in [0.2, 0.25) is 0 Å². The third-order valence-electron chi connectivity index (χ3n) is 9.03. The first-order chi connectivity index (χ1) is 28.7. The summed E-state index contributed by atoms with van der Waals surface area (Å²) in [6.45, 7) is 8.73. The van der Waals surface area contributed by atoms with Crippen molar-refractivity contribution in [2.24, 2.45) is 5.92 Å². The first-order valence-electron chi connectivity index (χ1n) is 18.5. The number of hydrogen-bond acceptors (Lipinski definition) is 11. The highest BCUT2D eigenvalue weighted by molar-refractivity contribution is 8.14. The quantitative estimate of drug-likeness (QED) is 0.0253. The molecule has 0 N–H and O–H groups in total. The van der Waals surface area contributed by atoms with Gasteiger partial charge < -0.3 is 18.9 Å². The number of carbonyl (C=O) groups excluding carboxylic acids is 5. The van der Waals surface area contributed by atoms with Crippen molar-refractivity contribution in [1.82, 2.24) is 9.96 Å². The van der Waals surface area contributed by atoms with Gasteiger partial charge in [-0.25, -0.2) is 14.7 Å². The lowest BCUT2D eigenvalue weighted by molar-refractivity contribution is -0.170. The number of amides is 2. The second kappa shape index (κ2) is 21.6. The monoisotopic (exact) mass is 836 g/mol. The predicted molar refractivity (Wildman–Crippen MR) is 230 cm³/mol. The number of ether oxygens (including phenoxy) is 4. The molecule has 1 aliphatic rings. The van der Waals surface area contributed by atoms with Gasteiger partial charge in [0, 0.05) is 6.89 Å². The maximum atomic E-state index is 14.8. The summed E-state index contributed by atoms with van der Waals surface area (Å²) in [7, 11) is 0. The van der Waals surface area contributed by atoms with Crippen LogP contribution in [0.15, 0.2) is 153 Å². The van der Waals surface area contributed by atoms with E-state index in [1.165, 1.54) is 30.1 Å². The molecule has 1 heterocycles. The minimum absolute atomic E-state index is 0.0360. The van der Waals surface area contributed by atoms with E-state index in [-0.39, 0.29) is 31.8 Å². The van der Waals surface area contributed by atoms with E-state index < -0.39 is 54.0 Å². The Bertz CT molecular complexity index is 2060. The highest BCUT2D eigenvalue weighted by Crippen LogP contribution is 2.51. The third kappa shape index (κ3) is 10.5. The van der Waals surface area contributed by atoms with E-state index in [9.17, 15) is 24.0 Å². The fourth-order valence-electron chi connectivity index (χ4n) is 6.46. The Hall–Kier alpha value is -6.14. The number of hydroxylamine groups is 2. The molecule has 4 aromatic carbocycles. The summed E-state index contributed by atoms with van der Waals surface area (Å²) in [5.41, 5.74) is 0.781. The molecule has 3 atom stereocenters. The summed E-state index contributed by atoms with van der Waals surface area (Å²) in [5, 5.41) is 1.85. The molecule has 12 nitrogen and oxygen atoms in total. The van der Waals surface area contributed by atoms with Crippen LogP contribution in [0.4, 0.5) is 4.79 Å². The normalized spacial score (nSPS) is 15.1. The molecular weight excluding hydrogens is 792 g/mol. The van der Waals surface area contributed by atoms with E-state index in [1.54, 1.807) is 24.3 Å². The highest BCUT2D eigenvalue weighted by atomic mass is 32.2. The first-order valence-corrected chi connectivity index (χ1v) is 21.2. The summed E-state index contributed by atoms with van der Waals surface area (Å²) in [6.07, 6.45) is 2.79. The van der Waals surface area contributed by atoms with Gasteiger partial charge in [0.2, 0.25) is 17.4 Å². The fourth-order valence-corrected chi connectivity index (χ4v) is 12.1. The Morgan fingerprint density at radius 1 is 0.780 bits per heavy atom. The van der Waals surface area contributed by atoms with E-state index in [4.69, 9.17) is 23.8 Å². The zero-order valence-electron chi connectivity index (χ0n) is 32.5. The summed E-state index contributed by atoms with van der Waals surface area (Å²) in [5.74, 6) is -2.06. The molecule has 0 aliphatic carbocycles. The van der Waals surface area contributed by atoms with Crippen molar-refractivity contribution >= 4 is 69.5 Å². The number of nitrogens with zero attached hydrogens (tertiary/aromatic N) is 2. The number of likely N-dealkylation sites (tertiary alicyclic amines) is 1. The van der Waals surface area contributed by atoms with Crippen molar-refractivity contribution in [2.45, 2.75) is 24.9 Å². The number of esters is 1. The molecule has 1 fully saturated rings. The summed E-state index contributed by atoms with van der Waals surface area (Å²) >= 11 is 0.784. The molecule has 0 radical (unpaired) electrons. The van der Waals surface area contributed by atoms with Gasteiger partial charge in [-0.15, -0.1) is 6.58 Å². The van der Waals surface area contributed by atoms with Gasteiger partial charge in [-0.2, -0.15) is 0 Å². The maximum Gasteiger partial charge on any atom is 0.508 e. The predicted octanol–water partition coefficient (Wildman–Crippen LogP) is 5.77. The van der Waals surface area contributed by atoms with Gasteiger partial charge in [-0.3, -0.25) is 24.1 Å². The lowest BCUT2D eigenvalue weighted by Gasteiger charge is -2.50. The van der Waals surface area contributed by atoms with Crippen LogP contribution in [0, 0.1) is 5.92 Å². The number of thioether (sulfide) groups is 1. The number of hydrogen-bond donors (Lipinski definition) is 0. The van der Waals surface area contributed by atoms with Crippen molar-refractivity contribution in [3.8, 4) is 5.75 Å². The van der Waals surface area contributed by atoms with Gasteiger partial charge in [-0.1, -0.05) is 146 Å². The van der Waals surface area contributed by atoms with Gasteiger partial charge in [0.15, 0.2) is 6.61 Å². The van der Waals surface area contributed by atoms with Crippen molar-refractivity contribution in [1.29, 1.82) is 0 Å². The van der Waals surface area contributed by atoms with Gasteiger partial charge in [0.05, 0.1) is 13.2 Å². The lowest BCUT2D eigenvalue weighted by atomic mass is 9.92. The number of rotatable bonds is 21. The topological polar surface area (TPSA) is 138 Å². The van der Waals surface area contributed by atoms with Crippen LogP contribution < -0.4 is 20.7 Å². The zero-order chi connectivity index (χ0) is 42.2. The Balaban J connectivity index is 1.60. The molecule has 0 bridgehead atoms. The molecule has 0 saturated carbocycles. The Kier molecular flexibility index (Phi) is 16.1. The fraction of sp³-hybridized carbons (Fsp3) is 0.200. The van der Waals surface area contributed by atoms with Crippen molar-refractivity contribution in [3.63, 3.8) is 0 Å². The molecule has 0 aromatic heterocycles.